The second kappa shape index (κ2) is 14.3. The number of benzene rings is 6. The van der Waals surface area contributed by atoms with Gasteiger partial charge in [0, 0.05) is 51.1 Å². The molecule has 0 amide bonds. The van der Waals surface area contributed by atoms with E-state index in [1.807, 2.05) is 36.4 Å². The summed E-state index contributed by atoms with van der Waals surface area (Å²) in [7, 11) is 1.74. The highest BCUT2D eigenvalue weighted by atomic mass is 16.5. The van der Waals surface area contributed by atoms with Gasteiger partial charge in [-0.1, -0.05) is 121 Å². The summed E-state index contributed by atoms with van der Waals surface area (Å²) in [5, 5.41) is 11.0. The third-order valence-corrected chi connectivity index (χ3v) is 10.4. The lowest BCUT2D eigenvalue weighted by Crippen LogP contribution is -2.11. The van der Waals surface area contributed by atoms with Gasteiger partial charge in [0.2, 0.25) is 17.7 Å². The molecular formula is C50H46N4O2. The number of aromatic nitrogens is 3. The summed E-state index contributed by atoms with van der Waals surface area (Å²) in [4.78, 5) is 8.04. The van der Waals surface area contributed by atoms with Crippen molar-refractivity contribution < 1.29 is 9.15 Å². The molecule has 0 spiro atoms. The zero-order valence-corrected chi connectivity index (χ0v) is 33.1. The van der Waals surface area contributed by atoms with Crippen LogP contribution in [0.4, 0.5) is 0 Å². The fourth-order valence-corrected chi connectivity index (χ4v) is 7.00. The minimum atomic E-state index is 0.0816. The van der Waals surface area contributed by atoms with E-state index in [4.69, 9.17) is 9.15 Å². The van der Waals surface area contributed by atoms with Crippen LogP contribution in [0.5, 0.6) is 0 Å². The topological polar surface area (TPSA) is 76.3 Å². The monoisotopic (exact) mass is 734 g/mol. The lowest BCUT2D eigenvalue weighted by Gasteiger charge is -2.19. The summed E-state index contributed by atoms with van der Waals surface area (Å²) in [5.74, 6) is 2.10. The molecule has 0 saturated carbocycles. The minimum absolute atomic E-state index is 0.0816. The van der Waals surface area contributed by atoms with Gasteiger partial charge in [0.1, 0.15) is 5.76 Å². The average molecular weight is 735 g/mol. The molecule has 56 heavy (non-hydrogen) atoms. The molecule has 2 heterocycles. The zero-order valence-electron chi connectivity index (χ0n) is 33.1. The number of ether oxygens (including phenoxy) is 1. The Hall–Kier alpha value is -6.53. The van der Waals surface area contributed by atoms with E-state index >= 15 is 0 Å². The highest BCUT2D eigenvalue weighted by Crippen LogP contribution is 2.35. The first-order valence-electron chi connectivity index (χ1n) is 19.0. The van der Waals surface area contributed by atoms with Gasteiger partial charge >= 0.3 is 0 Å². The number of rotatable bonds is 7. The molecule has 0 aliphatic carbocycles. The van der Waals surface area contributed by atoms with Crippen LogP contribution in [-0.2, 0) is 15.6 Å². The van der Waals surface area contributed by atoms with Crippen LogP contribution in [0.3, 0.4) is 0 Å². The Morgan fingerprint density at radius 3 is 1.39 bits per heavy atom. The van der Waals surface area contributed by atoms with Gasteiger partial charge < -0.3 is 14.1 Å². The molecular weight excluding hydrogens is 689 g/mol. The second-order valence-electron chi connectivity index (χ2n) is 16.4. The van der Waals surface area contributed by atoms with Crippen LogP contribution in [0.2, 0.25) is 0 Å². The maximum atomic E-state index is 6.19. The minimum Gasteiger partial charge on any atom is -0.439 e. The van der Waals surface area contributed by atoms with Crippen LogP contribution < -0.4 is 0 Å². The maximum Gasteiger partial charge on any atom is 0.248 e. The summed E-state index contributed by atoms with van der Waals surface area (Å²) in [6, 6.07) is 46.5. The molecule has 6 heteroatoms. The van der Waals surface area contributed by atoms with Crippen molar-refractivity contribution in [2.75, 3.05) is 7.05 Å². The van der Waals surface area contributed by atoms with Crippen LogP contribution >= 0.6 is 0 Å². The van der Waals surface area contributed by atoms with Gasteiger partial charge in [-0.05, 0) is 105 Å². The average Bonchev–Trinajstić information content (AvgIpc) is 3.85. The Bertz CT molecular complexity index is 2720. The van der Waals surface area contributed by atoms with E-state index in [9.17, 15) is 0 Å². The van der Waals surface area contributed by atoms with Crippen LogP contribution in [-0.4, -0.2) is 28.1 Å². The quantitative estimate of drug-likeness (QED) is 0.100. The number of hydrogen-bond donors (Lipinski definition) is 1. The van der Waals surface area contributed by atoms with Gasteiger partial charge in [-0.2, -0.15) is 0 Å². The largest absolute Gasteiger partial charge is 0.439 e. The number of fused-ring (bicyclic) bond motifs is 3. The molecule has 278 valence electrons. The summed E-state index contributed by atoms with van der Waals surface area (Å²) < 4.78 is 12.3. The van der Waals surface area contributed by atoms with Gasteiger partial charge in [-0.3, -0.25) is 4.99 Å². The smallest absolute Gasteiger partial charge is 0.248 e. The fourth-order valence-electron chi connectivity index (χ4n) is 7.00. The number of nitrogens with zero attached hydrogens (tertiary/aromatic N) is 3. The zero-order chi connectivity index (χ0) is 39.2. The van der Waals surface area contributed by atoms with E-state index < -0.39 is 0 Å². The van der Waals surface area contributed by atoms with Gasteiger partial charge in [-0.25, -0.2) is 0 Å². The van der Waals surface area contributed by atoms with E-state index in [2.05, 4.69) is 165 Å². The Morgan fingerprint density at radius 2 is 0.929 bits per heavy atom. The molecule has 0 aliphatic heterocycles. The van der Waals surface area contributed by atoms with Crippen LogP contribution in [0, 0.1) is 0 Å². The van der Waals surface area contributed by atoms with Crippen LogP contribution in [0.1, 0.15) is 63.8 Å². The highest BCUT2D eigenvalue weighted by Gasteiger charge is 2.17. The predicted octanol–water partition coefficient (Wildman–Crippen LogP) is 13.0. The molecule has 0 radical (unpaired) electrons. The first-order chi connectivity index (χ1) is 26.8. The molecule has 0 bridgehead atoms. The fraction of sp³-hybridized carbons (Fsp3) is 0.180. The number of hydrogen-bond acceptors (Lipinski definition) is 5. The van der Waals surface area contributed by atoms with Crippen molar-refractivity contribution in [1.82, 2.24) is 15.2 Å². The molecule has 1 N–H and O–H groups in total. The number of aliphatic imine (C=N–C) groups is 1. The molecule has 8 rings (SSSR count). The van der Waals surface area contributed by atoms with Gasteiger partial charge in [0.05, 0.1) is 0 Å². The second-order valence-corrected chi connectivity index (χ2v) is 16.4. The third kappa shape index (κ3) is 7.30. The van der Waals surface area contributed by atoms with E-state index in [0.717, 1.165) is 55.5 Å². The molecule has 0 fully saturated rings. The summed E-state index contributed by atoms with van der Waals surface area (Å²) in [5.41, 5.74) is 12.9. The molecule has 0 aliphatic rings. The first-order valence-corrected chi connectivity index (χ1v) is 19.0. The van der Waals surface area contributed by atoms with Crippen molar-refractivity contribution >= 4 is 33.5 Å². The molecule has 0 saturated heterocycles. The lowest BCUT2D eigenvalue weighted by molar-refractivity contribution is 0.509. The molecule has 6 aromatic carbocycles. The molecule has 8 aromatic rings. The van der Waals surface area contributed by atoms with E-state index in [0.29, 0.717) is 23.4 Å². The number of H-pyrrole nitrogens is 1. The molecule has 0 atom stereocenters. The lowest BCUT2D eigenvalue weighted by atomic mass is 9.86. The maximum absolute atomic E-state index is 6.19. The third-order valence-electron chi connectivity index (χ3n) is 10.4. The van der Waals surface area contributed by atoms with Gasteiger partial charge in [-0.15, -0.1) is 10.2 Å². The van der Waals surface area contributed by atoms with Gasteiger partial charge in [0.15, 0.2) is 0 Å². The molecule has 0 unspecified atom stereocenters. The summed E-state index contributed by atoms with van der Waals surface area (Å²) in [6.45, 7) is 17.4. The molecule has 2 aromatic heterocycles. The summed E-state index contributed by atoms with van der Waals surface area (Å²) >= 11 is 0. The standard InChI is InChI=1S/C50H46N4O2/c1-31(32-17-23-40(24-18-32)49(2,3)4)55-46(51-8)35-13-9-33(10-14-35)38-21-27-44-42(29-38)43-30-39(22-28-45(43)52-44)34-11-15-36(16-12-34)47-53-54-48(56-47)37-19-25-41(26-20-37)50(5,6)7/h9-30,52H,1H2,2-8H3. The first kappa shape index (κ1) is 36.4. The Morgan fingerprint density at radius 1 is 0.536 bits per heavy atom. The SMILES string of the molecule is C=C(OC(=NC)c1ccc(-c2ccc3[nH]c4ccc(-c5ccc(-c6nnc(-c7ccc(C(C)(C)C)cc7)o6)cc5)cc4c3c2)cc1)c1ccc(C(C)(C)C)cc1. The summed E-state index contributed by atoms with van der Waals surface area (Å²) in [6.07, 6.45) is 0. The highest BCUT2D eigenvalue weighted by molar-refractivity contribution is 6.10. The van der Waals surface area contributed by atoms with Crippen molar-refractivity contribution in [3.63, 3.8) is 0 Å². The van der Waals surface area contributed by atoms with E-state index in [1.54, 1.807) is 7.05 Å². The van der Waals surface area contributed by atoms with Crippen molar-refractivity contribution in [3.05, 3.63) is 162 Å². The normalized spacial score (nSPS) is 12.4. The van der Waals surface area contributed by atoms with Gasteiger partial charge in [0.25, 0.3) is 0 Å². The number of aromatic amines is 1. The van der Waals surface area contributed by atoms with Crippen molar-refractivity contribution in [2.24, 2.45) is 4.99 Å². The molecule has 6 nitrogen and oxygen atoms in total. The van der Waals surface area contributed by atoms with Crippen molar-refractivity contribution in [3.8, 4) is 45.2 Å². The van der Waals surface area contributed by atoms with Crippen LogP contribution in [0.15, 0.2) is 149 Å². The van der Waals surface area contributed by atoms with Crippen LogP contribution in [0.25, 0.3) is 72.7 Å². The van der Waals surface area contributed by atoms with Crippen molar-refractivity contribution in [2.45, 2.75) is 52.4 Å². The van der Waals surface area contributed by atoms with E-state index in [-0.39, 0.29) is 10.8 Å². The van der Waals surface area contributed by atoms with E-state index in [1.165, 1.54) is 21.9 Å². The Kier molecular flexibility index (Phi) is 9.29. The number of nitrogens with one attached hydrogen (secondary N) is 1. The Balaban J connectivity index is 0.994. The Labute approximate surface area is 328 Å². The predicted molar refractivity (Wildman–Crippen MR) is 232 cm³/mol. The van der Waals surface area contributed by atoms with Crippen molar-refractivity contribution in [1.29, 1.82) is 0 Å².